The lowest BCUT2D eigenvalue weighted by Crippen LogP contribution is -2.26. The van der Waals surface area contributed by atoms with Gasteiger partial charge < -0.3 is 24.3 Å². The number of esters is 2. The van der Waals surface area contributed by atoms with Crippen LogP contribution >= 0.6 is 0 Å². The summed E-state index contributed by atoms with van der Waals surface area (Å²) in [7, 11) is 1.57. The lowest BCUT2D eigenvalue weighted by Gasteiger charge is -2.19. The van der Waals surface area contributed by atoms with Crippen molar-refractivity contribution in [1.29, 1.82) is 0 Å². The first-order chi connectivity index (χ1) is 15.6. The van der Waals surface area contributed by atoms with E-state index in [0.717, 1.165) is 10.9 Å². The lowest BCUT2D eigenvalue weighted by molar-refractivity contribution is -0.146. The van der Waals surface area contributed by atoms with Crippen LogP contribution in [0.15, 0.2) is 36.2 Å². The second-order valence-electron chi connectivity index (χ2n) is 8.09. The van der Waals surface area contributed by atoms with Crippen LogP contribution in [0.25, 0.3) is 10.9 Å². The average molecular weight is 461 g/mol. The summed E-state index contributed by atoms with van der Waals surface area (Å²) >= 11 is 0. The Morgan fingerprint density at radius 3 is 2.24 bits per heavy atom. The van der Waals surface area contributed by atoms with Gasteiger partial charge in [-0.2, -0.15) is 0 Å². The molecule has 0 amide bonds. The fraction of sp³-hybridized carbons (Fsp3) is 0.458. The van der Waals surface area contributed by atoms with Crippen molar-refractivity contribution in [3.05, 3.63) is 41.7 Å². The molecule has 0 aliphatic carbocycles. The van der Waals surface area contributed by atoms with Gasteiger partial charge in [-0.05, 0) is 64.8 Å². The van der Waals surface area contributed by atoms with Crippen LogP contribution < -0.4 is 10.1 Å². The predicted molar refractivity (Wildman–Crippen MR) is 123 cm³/mol. The van der Waals surface area contributed by atoms with Crippen molar-refractivity contribution < 1.29 is 33.3 Å². The third-order valence-corrected chi connectivity index (χ3v) is 4.46. The molecule has 9 heteroatoms. The molecule has 0 spiro atoms. The molecule has 0 fully saturated rings. The van der Waals surface area contributed by atoms with Gasteiger partial charge in [-0.15, -0.1) is 0 Å². The first kappa shape index (κ1) is 25.8. The van der Waals surface area contributed by atoms with Crippen molar-refractivity contribution in [3.63, 3.8) is 0 Å². The Morgan fingerprint density at radius 1 is 1.06 bits per heavy atom. The normalized spacial score (nSPS) is 11.0. The van der Waals surface area contributed by atoms with E-state index in [1.807, 2.05) is 26.8 Å². The number of carbonyl (C=O) groups is 3. The molecule has 1 aromatic carbocycles. The lowest BCUT2D eigenvalue weighted by atomic mass is 10.1. The molecule has 180 valence electrons. The predicted octanol–water partition coefficient (Wildman–Crippen LogP) is 3.58. The number of carbonyl (C=O) groups excluding carboxylic acids is 3. The third kappa shape index (κ3) is 7.00. The second-order valence-corrected chi connectivity index (χ2v) is 8.09. The zero-order chi connectivity index (χ0) is 24.6. The van der Waals surface area contributed by atoms with Gasteiger partial charge in [-0.3, -0.25) is 4.57 Å². The molecule has 0 saturated heterocycles. The molecule has 0 atom stereocenters. The number of methoxy groups -OCH3 is 1. The van der Waals surface area contributed by atoms with E-state index in [-0.39, 0.29) is 18.8 Å². The Kier molecular flexibility index (Phi) is 8.90. The summed E-state index contributed by atoms with van der Waals surface area (Å²) in [5, 5.41) is 3.80. The molecule has 0 aliphatic rings. The summed E-state index contributed by atoms with van der Waals surface area (Å²) in [6, 6.07) is 5.43. The number of nitrogens with zero attached hydrogens (tertiary/aromatic N) is 1. The molecule has 33 heavy (non-hydrogen) atoms. The molecule has 0 saturated carbocycles. The largest absolute Gasteiger partial charge is 0.497 e. The zero-order valence-electron chi connectivity index (χ0n) is 20.0. The van der Waals surface area contributed by atoms with Crippen LogP contribution in [-0.2, 0) is 30.2 Å². The molecular weight excluding hydrogens is 428 g/mol. The molecule has 1 N–H and O–H groups in total. The van der Waals surface area contributed by atoms with E-state index in [2.05, 4.69) is 5.32 Å². The van der Waals surface area contributed by atoms with Gasteiger partial charge in [0.2, 0.25) is 0 Å². The van der Waals surface area contributed by atoms with Crippen molar-refractivity contribution in [3.8, 4) is 5.75 Å². The molecule has 9 nitrogen and oxygen atoms in total. The summed E-state index contributed by atoms with van der Waals surface area (Å²) in [6.07, 6.45) is 3.03. The first-order valence-electron chi connectivity index (χ1n) is 10.8. The van der Waals surface area contributed by atoms with Gasteiger partial charge in [0.1, 0.15) is 11.4 Å². The quantitative estimate of drug-likeness (QED) is 0.151. The topological polar surface area (TPSA) is 105 Å². The first-order valence-corrected chi connectivity index (χ1v) is 10.8. The second kappa shape index (κ2) is 11.4. The molecule has 2 rings (SSSR count). The number of hydrogen-bond acceptors (Lipinski definition) is 8. The van der Waals surface area contributed by atoms with E-state index >= 15 is 0 Å². The SMILES string of the molecule is CCOC(=O)C(=CNCCc1cn(C(=O)OC(C)(C)C)c2ccc(OC)cc12)C(=O)OCC. The van der Waals surface area contributed by atoms with Gasteiger partial charge in [-0.1, -0.05) is 0 Å². The Hall–Kier alpha value is -3.49. The van der Waals surface area contributed by atoms with Crippen molar-refractivity contribution in [2.24, 2.45) is 0 Å². The average Bonchev–Trinajstić information content (AvgIpc) is 3.10. The van der Waals surface area contributed by atoms with E-state index in [1.165, 1.54) is 10.8 Å². The Labute approximate surface area is 193 Å². The van der Waals surface area contributed by atoms with Gasteiger partial charge in [0.05, 0.1) is 25.8 Å². The van der Waals surface area contributed by atoms with E-state index in [0.29, 0.717) is 24.2 Å². The molecule has 0 radical (unpaired) electrons. The van der Waals surface area contributed by atoms with Crippen LogP contribution in [0.3, 0.4) is 0 Å². The number of nitrogens with one attached hydrogen (secondary N) is 1. The van der Waals surface area contributed by atoms with Crippen LogP contribution in [0.1, 0.15) is 40.2 Å². The van der Waals surface area contributed by atoms with Crippen molar-refractivity contribution in [2.45, 2.75) is 46.6 Å². The maximum Gasteiger partial charge on any atom is 0.419 e. The van der Waals surface area contributed by atoms with Crippen LogP contribution in [0.2, 0.25) is 0 Å². The molecule has 2 aromatic rings. The summed E-state index contributed by atoms with van der Waals surface area (Å²) in [6.45, 7) is 9.39. The van der Waals surface area contributed by atoms with Crippen molar-refractivity contribution in [1.82, 2.24) is 9.88 Å². The monoisotopic (exact) mass is 460 g/mol. The number of benzene rings is 1. The van der Waals surface area contributed by atoms with Gasteiger partial charge >= 0.3 is 18.0 Å². The van der Waals surface area contributed by atoms with E-state index in [1.54, 1.807) is 39.3 Å². The molecule has 1 heterocycles. The summed E-state index contributed by atoms with van der Waals surface area (Å²) in [4.78, 5) is 36.8. The fourth-order valence-electron chi connectivity index (χ4n) is 3.07. The highest BCUT2D eigenvalue weighted by Gasteiger charge is 2.22. The number of aromatic nitrogens is 1. The third-order valence-electron chi connectivity index (χ3n) is 4.46. The van der Waals surface area contributed by atoms with Crippen LogP contribution in [0.4, 0.5) is 4.79 Å². The zero-order valence-corrected chi connectivity index (χ0v) is 20.0. The van der Waals surface area contributed by atoms with E-state index in [4.69, 9.17) is 18.9 Å². The standard InChI is InChI=1S/C24H32N2O7/c1-7-31-21(27)19(22(28)32-8-2)14-25-12-11-16-15-26(23(29)33-24(3,4)5)20-10-9-17(30-6)13-18(16)20/h9-10,13-15,25H,7-8,11-12H2,1-6H3. The summed E-state index contributed by atoms with van der Waals surface area (Å²) in [5.74, 6) is -0.852. The minimum Gasteiger partial charge on any atom is -0.497 e. The number of fused-ring (bicyclic) bond motifs is 1. The fourth-order valence-corrected chi connectivity index (χ4v) is 3.07. The van der Waals surface area contributed by atoms with Gasteiger partial charge in [0.15, 0.2) is 5.57 Å². The minimum absolute atomic E-state index is 0.140. The smallest absolute Gasteiger partial charge is 0.419 e. The summed E-state index contributed by atoms with van der Waals surface area (Å²) in [5.41, 5.74) is 0.707. The highest BCUT2D eigenvalue weighted by Crippen LogP contribution is 2.27. The van der Waals surface area contributed by atoms with Gasteiger partial charge in [-0.25, -0.2) is 14.4 Å². The van der Waals surface area contributed by atoms with Gasteiger partial charge in [0, 0.05) is 24.3 Å². The Bertz CT molecular complexity index is 1010. The highest BCUT2D eigenvalue weighted by molar-refractivity contribution is 6.13. The number of hydrogen-bond donors (Lipinski definition) is 1. The summed E-state index contributed by atoms with van der Waals surface area (Å²) < 4.78 is 22.2. The maximum atomic E-state index is 12.7. The highest BCUT2D eigenvalue weighted by atomic mass is 16.6. The van der Waals surface area contributed by atoms with Crippen molar-refractivity contribution in [2.75, 3.05) is 26.9 Å². The van der Waals surface area contributed by atoms with Crippen molar-refractivity contribution >= 4 is 28.9 Å². The van der Waals surface area contributed by atoms with Crippen LogP contribution in [0.5, 0.6) is 5.75 Å². The van der Waals surface area contributed by atoms with E-state index in [9.17, 15) is 14.4 Å². The number of ether oxygens (including phenoxy) is 4. The molecular formula is C24H32N2O7. The number of rotatable bonds is 9. The Morgan fingerprint density at radius 2 is 1.70 bits per heavy atom. The maximum absolute atomic E-state index is 12.7. The van der Waals surface area contributed by atoms with Crippen LogP contribution in [0, 0.1) is 0 Å². The van der Waals surface area contributed by atoms with Gasteiger partial charge in [0.25, 0.3) is 0 Å². The molecule has 0 bridgehead atoms. The molecule has 0 unspecified atom stereocenters. The minimum atomic E-state index is -0.755. The Balaban J connectivity index is 2.26. The van der Waals surface area contributed by atoms with Crippen LogP contribution in [-0.4, -0.2) is 55.1 Å². The molecule has 1 aromatic heterocycles. The molecule has 0 aliphatic heterocycles. The van der Waals surface area contributed by atoms with E-state index < -0.39 is 23.6 Å².